The van der Waals surface area contributed by atoms with Gasteiger partial charge in [-0.2, -0.15) is 0 Å². The van der Waals surface area contributed by atoms with Crippen molar-refractivity contribution in [1.29, 1.82) is 0 Å². The number of rotatable bonds is 5. The maximum atomic E-state index is 11.6. The van der Waals surface area contributed by atoms with E-state index in [0.717, 1.165) is 32.1 Å². The summed E-state index contributed by atoms with van der Waals surface area (Å²) >= 11 is 0. The van der Waals surface area contributed by atoms with E-state index in [4.69, 9.17) is 0 Å². The molecule has 2 atom stereocenters. The molecule has 1 fully saturated rings. The van der Waals surface area contributed by atoms with Crippen molar-refractivity contribution in [3.8, 4) is 0 Å². The highest BCUT2D eigenvalue weighted by atomic mass is 16.1. The zero-order valence-electron chi connectivity index (χ0n) is 12.0. The van der Waals surface area contributed by atoms with Crippen LogP contribution in [0.4, 0.5) is 0 Å². The Morgan fingerprint density at radius 1 is 1.42 bits per heavy atom. The SMILES string of the molecule is CNC(C)C1CCCN(CCn2ccccc2=O)C1. The summed E-state index contributed by atoms with van der Waals surface area (Å²) in [5, 5.41) is 3.36. The quantitative estimate of drug-likeness (QED) is 0.866. The zero-order chi connectivity index (χ0) is 13.7. The molecule has 2 rings (SSSR count). The lowest BCUT2D eigenvalue weighted by Crippen LogP contribution is -2.44. The molecular weight excluding hydrogens is 238 g/mol. The number of likely N-dealkylation sites (tertiary alicyclic amines) is 1. The number of piperidine rings is 1. The lowest BCUT2D eigenvalue weighted by molar-refractivity contribution is 0.148. The number of nitrogens with one attached hydrogen (secondary N) is 1. The van der Waals surface area contributed by atoms with Gasteiger partial charge in [0.25, 0.3) is 5.56 Å². The third kappa shape index (κ3) is 3.91. The minimum atomic E-state index is 0.0969. The average molecular weight is 263 g/mol. The summed E-state index contributed by atoms with van der Waals surface area (Å²) in [5.74, 6) is 0.728. The van der Waals surface area contributed by atoms with Crippen LogP contribution in [0.15, 0.2) is 29.2 Å². The Hall–Kier alpha value is -1.13. The molecule has 1 aromatic rings. The maximum absolute atomic E-state index is 11.6. The molecule has 1 saturated heterocycles. The van der Waals surface area contributed by atoms with Gasteiger partial charge >= 0.3 is 0 Å². The van der Waals surface area contributed by atoms with Gasteiger partial charge in [-0.15, -0.1) is 0 Å². The van der Waals surface area contributed by atoms with Gasteiger partial charge in [-0.3, -0.25) is 4.79 Å². The Labute approximate surface area is 115 Å². The second-order valence-electron chi connectivity index (χ2n) is 5.51. The van der Waals surface area contributed by atoms with Gasteiger partial charge in [-0.1, -0.05) is 6.07 Å². The molecule has 0 bridgehead atoms. The smallest absolute Gasteiger partial charge is 0.250 e. The van der Waals surface area contributed by atoms with E-state index in [1.807, 2.05) is 19.3 Å². The van der Waals surface area contributed by atoms with Crippen molar-refractivity contribution in [2.45, 2.75) is 32.4 Å². The van der Waals surface area contributed by atoms with E-state index < -0.39 is 0 Å². The van der Waals surface area contributed by atoms with Crippen LogP contribution in [-0.4, -0.2) is 42.2 Å². The second-order valence-corrected chi connectivity index (χ2v) is 5.51. The first-order chi connectivity index (χ1) is 9.20. The van der Waals surface area contributed by atoms with Crippen LogP contribution in [0, 0.1) is 5.92 Å². The summed E-state index contributed by atoms with van der Waals surface area (Å²) in [4.78, 5) is 14.1. The predicted octanol–water partition coefficient (Wildman–Crippen LogP) is 1.17. The summed E-state index contributed by atoms with van der Waals surface area (Å²) < 4.78 is 1.80. The molecule has 1 aliphatic heterocycles. The number of nitrogens with zero attached hydrogens (tertiary/aromatic N) is 2. The summed E-state index contributed by atoms with van der Waals surface area (Å²) in [7, 11) is 2.03. The van der Waals surface area contributed by atoms with Crippen LogP contribution in [0.1, 0.15) is 19.8 Å². The van der Waals surface area contributed by atoms with Crippen molar-refractivity contribution in [2.24, 2.45) is 5.92 Å². The van der Waals surface area contributed by atoms with Crippen LogP contribution in [-0.2, 0) is 6.54 Å². The first-order valence-corrected chi connectivity index (χ1v) is 7.26. The number of pyridine rings is 1. The minimum absolute atomic E-state index is 0.0969. The van der Waals surface area contributed by atoms with Crippen LogP contribution in [0.2, 0.25) is 0 Å². The Kier molecular flexibility index (Phi) is 5.16. The molecule has 0 radical (unpaired) electrons. The van der Waals surface area contributed by atoms with Crippen LogP contribution in [0.5, 0.6) is 0 Å². The normalized spacial score (nSPS) is 22.3. The summed E-state index contributed by atoms with van der Waals surface area (Å²) in [6, 6.07) is 5.91. The largest absolute Gasteiger partial charge is 0.317 e. The standard InChI is InChI=1S/C15H25N3O/c1-13(16-2)14-6-5-8-17(12-14)10-11-18-9-4-3-7-15(18)19/h3-4,7,9,13-14,16H,5-6,8,10-12H2,1-2H3. The van der Waals surface area contributed by atoms with Gasteiger partial charge in [0.05, 0.1) is 0 Å². The highest BCUT2D eigenvalue weighted by molar-refractivity contribution is 4.93. The van der Waals surface area contributed by atoms with Crippen molar-refractivity contribution in [3.63, 3.8) is 0 Å². The molecule has 4 nitrogen and oxygen atoms in total. The van der Waals surface area contributed by atoms with Gasteiger partial charge < -0.3 is 14.8 Å². The van der Waals surface area contributed by atoms with E-state index in [9.17, 15) is 4.79 Å². The Morgan fingerprint density at radius 2 is 2.26 bits per heavy atom. The average Bonchev–Trinajstić information content (AvgIpc) is 2.46. The summed E-state index contributed by atoms with van der Waals surface area (Å²) in [5.41, 5.74) is 0.0969. The molecule has 0 amide bonds. The molecule has 1 aliphatic rings. The van der Waals surface area contributed by atoms with Crippen LogP contribution < -0.4 is 10.9 Å². The van der Waals surface area contributed by atoms with Crippen molar-refractivity contribution >= 4 is 0 Å². The molecule has 4 heteroatoms. The third-order valence-corrected chi connectivity index (χ3v) is 4.26. The van der Waals surface area contributed by atoms with Gasteiger partial charge in [0.1, 0.15) is 0 Å². The molecule has 2 heterocycles. The molecule has 0 aromatic carbocycles. The lowest BCUT2D eigenvalue weighted by Gasteiger charge is -2.35. The van der Waals surface area contributed by atoms with E-state index >= 15 is 0 Å². The third-order valence-electron chi connectivity index (χ3n) is 4.26. The van der Waals surface area contributed by atoms with Crippen LogP contribution >= 0.6 is 0 Å². The first kappa shape index (κ1) is 14.3. The second kappa shape index (κ2) is 6.87. The van der Waals surface area contributed by atoms with Gasteiger partial charge in [0.2, 0.25) is 0 Å². The van der Waals surface area contributed by atoms with E-state index in [1.165, 1.54) is 12.8 Å². The molecular formula is C15H25N3O. The van der Waals surface area contributed by atoms with Gasteiger partial charge in [0.15, 0.2) is 0 Å². The minimum Gasteiger partial charge on any atom is -0.317 e. The Morgan fingerprint density at radius 3 is 3.00 bits per heavy atom. The fourth-order valence-electron chi connectivity index (χ4n) is 2.83. The molecule has 0 spiro atoms. The van der Waals surface area contributed by atoms with E-state index in [-0.39, 0.29) is 5.56 Å². The topological polar surface area (TPSA) is 37.3 Å². The van der Waals surface area contributed by atoms with E-state index in [1.54, 1.807) is 16.7 Å². The van der Waals surface area contributed by atoms with Crippen molar-refractivity contribution < 1.29 is 0 Å². The van der Waals surface area contributed by atoms with E-state index in [2.05, 4.69) is 17.1 Å². The van der Waals surface area contributed by atoms with Gasteiger partial charge in [-0.25, -0.2) is 0 Å². The summed E-state index contributed by atoms with van der Waals surface area (Å²) in [6.45, 7) is 6.32. The fourth-order valence-corrected chi connectivity index (χ4v) is 2.83. The van der Waals surface area contributed by atoms with Crippen LogP contribution in [0.25, 0.3) is 0 Å². The highest BCUT2D eigenvalue weighted by Crippen LogP contribution is 2.19. The lowest BCUT2D eigenvalue weighted by atomic mass is 9.92. The number of aromatic nitrogens is 1. The zero-order valence-corrected chi connectivity index (χ0v) is 12.0. The van der Waals surface area contributed by atoms with Crippen molar-refractivity contribution in [2.75, 3.05) is 26.7 Å². The fraction of sp³-hybridized carbons (Fsp3) is 0.667. The Bertz CT molecular complexity index is 443. The highest BCUT2D eigenvalue weighted by Gasteiger charge is 2.23. The first-order valence-electron chi connectivity index (χ1n) is 7.26. The number of hydrogen-bond donors (Lipinski definition) is 1. The molecule has 1 aromatic heterocycles. The molecule has 106 valence electrons. The molecule has 0 saturated carbocycles. The summed E-state index contributed by atoms with van der Waals surface area (Å²) in [6.07, 6.45) is 4.45. The van der Waals surface area contributed by atoms with Gasteiger partial charge in [0, 0.05) is 37.9 Å². The monoisotopic (exact) mass is 263 g/mol. The van der Waals surface area contributed by atoms with Crippen molar-refractivity contribution in [3.05, 3.63) is 34.7 Å². The van der Waals surface area contributed by atoms with Crippen LogP contribution in [0.3, 0.4) is 0 Å². The molecule has 19 heavy (non-hydrogen) atoms. The maximum Gasteiger partial charge on any atom is 0.250 e. The van der Waals surface area contributed by atoms with E-state index in [0.29, 0.717) is 6.04 Å². The van der Waals surface area contributed by atoms with Gasteiger partial charge in [-0.05, 0) is 45.3 Å². The molecule has 0 aliphatic carbocycles. The predicted molar refractivity (Wildman–Crippen MR) is 78.4 cm³/mol. The molecule has 2 unspecified atom stereocenters. The Balaban J connectivity index is 1.86. The number of hydrogen-bond acceptors (Lipinski definition) is 3. The van der Waals surface area contributed by atoms with Crippen molar-refractivity contribution in [1.82, 2.24) is 14.8 Å². The molecule has 1 N–H and O–H groups in total.